The van der Waals surface area contributed by atoms with Crippen LogP contribution in [-0.2, 0) is 12.8 Å². The second-order valence-corrected chi connectivity index (χ2v) is 6.55. The largest absolute Gasteiger partial charge is 0.504 e. The number of nitro groups is 1. The second-order valence-electron chi connectivity index (χ2n) is 6.55. The summed E-state index contributed by atoms with van der Waals surface area (Å²) in [6.45, 7) is 1.52. The molecule has 1 unspecified atom stereocenters. The van der Waals surface area contributed by atoms with Gasteiger partial charge in [-0.05, 0) is 36.6 Å². The fourth-order valence-corrected chi connectivity index (χ4v) is 3.78. The number of nitrogens with zero attached hydrogens (tertiary/aromatic N) is 1. The molecule has 4 N–H and O–H groups in total. The van der Waals surface area contributed by atoms with Gasteiger partial charge in [-0.15, -0.1) is 0 Å². The molecular weight excluding hydrogens is 330 g/mol. The average molecular weight is 345 g/mol. The molecule has 25 heavy (non-hydrogen) atoms. The zero-order chi connectivity index (χ0) is 18.1. The normalized spacial score (nSPS) is 23.4. The first-order valence-electron chi connectivity index (χ1n) is 7.67. The molecule has 0 saturated heterocycles. The highest BCUT2D eigenvalue weighted by molar-refractivity contribution is 5.63. The van der Waals surface area contributed by atoms with Crippen molar-refractivity contribution in [1.29, 1.82) is 0 Å². The van der Waals surface area contributed by atoms with Gasteiger partial charge in [-0.1, -0.05) is 0 Å². The van der Waals surface area contributed by atoms with E-state index in [1.54, 1.807) is 0 Å². The predicted octanol–water partition coefficient (Wildman–Crippen LogP) is 1.98. The Bertz CT molecular complexity index is 939. The molecule has 0 saturated carbocycles. The fourth-order valence-electron chi connectivity index (χ4n) is 3.78. The first-order valence-corrected chi connectivity index (χ1v) is 7.67. The molecule has 130 valence electrons. The zero-order valence-corrected chi connectivity index (χ0v) is 13.2. The Morgan fingerprint density at radius 3 is 2.60 bits per heavy atom. The van der Waals surface area contributed by atoms with Crippen LogP contribution in [0.4, 0.5) is 5.69 Å². The van der Waals surface area contributed by atoms with Crippen LogP contribution in [0.5, 0.6) is 23.0 Å². The summed E-state index contributed by atoms with van der Waals surface area (Å²) in [5, 5.41) is 52.0. The number of benzene rings is 2. The van der Waals surface area contributed by atoms with Crippen LogP contribution in [0, 0.1) is 17.0 Å². The van der Waals surface area contributed by atoms with Crippen LogP contribution >= 0.6 is 0 Å². The quantitative estimate of drug-likeness (QED) is 0.353. The monoisotopic (exact) mass is 345 g/mol. The van der Waals surface area contributed by atoms with Crippen molar-refractivity contribution >= 4 is 5.69 Å². The van der Waals surface area contributed by atoms with Gasteiger partial charge in [-0.3, -0.25) is 10.1 Å². The minimum atomic E-state index is -1.71. The standard InChI is InChI=1S/C17H15NO7/c1-7-2-12(18(23)24)10-4-11-9-5-14(20)13(19)3-8(9)6-17(11,22)25-16(10)15(7)21/h2-3,5,11,19-22H,4,6H2,1H3/t11?,17-/m0/s1. The van der Waals surface area contributed by atoms with E-state index in [0.29, 0.717) is 11.1 Å². The van der Waals surface area contributed by atoms with Gasteiger partial charge in [-0.2, -0.15) is 0 Å². The van der Waals surface area contributed by atoms with E-state index in [1.165, 1.54) is 25.1 Å². The topological polar surface area (TPSA) is 133 Å². The van der Waals surface area contributed by atoms with Crippen LogP contribution in [0.2, 0.25) is 0 Å². The number of phenolic OH excluding ortho intramolecular Hbond substituents is 3. The number of aromatic hydroxyl groups is 3. The highest BCUT2D eigenvalue weighted by Crippen LogP contribution is 2.55. The number of rotatable bonds is 1. The van der Waals surface area contributed by atoms with E-state index < -0.39 is 16.6 Å². The molecule has 0 aromatic heterocycles. The Morgan fingerprint density at radius 1 is 1.24 bits per heavy atom. The molecule has 2 aromatic rings. The summed E-state index contributed by atoms with van der Waals surface area (Å²) in [7, 11) is 0. The lowest BCUT2D eigenvalue weighted by Crippen LogP contribution is -2.44. The molecule has 0 bridgehead atoms. The molecule has 1 heterocycles. The highest BCUT2D eigenvalue weighted by Gasteiger charge is 2.52. The lowest BCUT2D eigenvalue weighted by molar-refractivity contribution is -0.386. The van der Waals surface area contributed by atoms with Crippen molar-refractivity contribution in [3.8, 4) is 23.0 Å². The van der Waals surface area contributed by atoms with E-state index in [0.717, 1.165) is 0 Å². The van der Waals surface area contributed by atoms with Gasteiger partial charge in [0.1, 0.15) is 0 Å². The van der Waals surface area contributed by atoms with Crippen molar-refractivity contribution in [2.75, 3.05) is 0 Å². The molecule has 0 fully saturated rings. The van der Waals surface area contributed by atoms with E-state index in [9.17, 15) is 30.5 Å². The van der Waals surface area contributed by atoms with Gasteiger partial charge in [0.2, 0.25) is 5.79 Å². The number of ether oxygens (including phenoxy) is 1. The summed E-state index contributed by atoms with van der Waals surface area (Å²) >= 11 is 0. The number of hydrogen-bond acceptors (Lipinski definition) is 7. The van der Waals surface area contributed by atoms with Gasteiger partial charge >= 0.3 is 0 Å². The maximum atomic E-state index is 11.4. The summed E-state index contributed by atoms with van der Waals surface area (Å²) in [5.74, 6) is -3.37. The molecule has 0 amide bonds. The van der Waals surface area contributed by atoms with Crippen LogP contribution in [0.1, 0.15) is 28.2 Å². The highest BCUT2D eigenvalue weighted by atomic mass is 16.6. The molecule has 2 aliphatic rings. The molecule has 1 aliphatic heterocycles. The molecule has 0 radical (unpaired) electrons. The third-order valence-corrected chi connectivity index (χ3v) is 5.01. The van der Waals surface area contributed by atoms with Crippen molar-refractivity contribution in [2.45, 2.75) is 31.5 Å². The van der Waals surface area contributed by atoms with Crippen molar-refractivity contribution in [2.24, 2.45) is 0 Å². The lowest BCUT2D eigenvalue weighted by atomic mass is 9.85. The predicted molar refractivity (Wildman–Crippen MR) is 85.0 cm³/mol. The van der Waals surface area contributed by atoms with Crippen LogP contribution in [0.15, 0.2) is 18.2 Å². The minimum Gasteiger partial charge on any atom is -0.504 e. The van der Waals surface area contributed by atoms with Crippen molar-refractivity contribution in [3.05, 3.63) is 50.6 Å². The van der Waals surface area contributed by atoms with Crippen molar-refractivity contribution < 1.29 is 30.1 Å². The number of aliphatic hydroxyl groups is 1. The third-order valence-electron chi connectivity index (χ3n) is 5.01. The van der Waals surface area contributed by atoms with Crippen LogP contribution in [-0.4, -0.2) is 31.1 Å². The van der Waals surface area contributed by atoms with E-state index in [2.05, 4.69) is 0 Å². The molecular formula is C17H15NO7. The van der Waals surface area contributed by atoms with Crippen molar-refractivity contribution in [1.82, 2.24) is 0 Å². The summed E-state index contributed by atoms with van der Waals surface area (Å²) in [5.41, 5.74) is 1.41. The van der Waals surface area contributed by atoms with Gasteiger partial charge < -0.3 is 25.2 Å². The van der Waals surface area contributed by atoms with E-state index in [1.807, 2.05) is 0 Å². The van der Waals surface area contributed by atoms with E-state index in [-0.39, 0.29) is 52.7 Å². The number of hydrogen-bond donors (Lipinski definition) is 4. The van der Waals surface area contributed by atoms with Gasteiger partial charge in [0.25, 0.3) is 5.69 Å². The fraction of sp³-hybridized carbons (Fsp3) is 0.294. The summed E-state index contributed by atoms with van der Waals surface area (Å²) < 4.78 is 5.65. The molecule has 2 aromatic carbocycles. The maximum absolute atomic E-state index is 11.4. The summed E-state index contributed by atoms with van der Waals surface area (Å²) in [4.78, 5) is 10.8. The Morgan fingerprint density at radius 2 is 1.92 bits per heavy atom. The summed E-state index contributed by atoms with van der Waals surface area (Å²) in [6.07, 6.45) is 0.0919. The SMILES string of the molecule is Cc1cc([N+](=O)[O-])c2c(c1O)O[C@@]1(O)Cc3cc(O)c(O)cc3C1C2. The lowest BCUT2D eigenvalue weighted by Gasteiger charge is -2.36. The first-order chi connectivity index (χ1) is 11.7. The number of aryl methyl sites for hydroxylation is 1. The molecule has 8 nitrogen and oxygen atoms in total. The van der Waals surface area contributed by atoms with E-state index >= 15 is 0 Å². The Hall–Kier alpha value is -3.00. The maximum Gasteiger partial charge on any atom is 0.276 e. The van der Waals surface area contributed by atoms with Crippen LogP contribution in [0.3, 0.4) is 0 Å². The van der Waals surface area contributed by atoms with Gasteiger partial charge in [0, 0.05) is 18.1 Å². The third kappa shape index (κ3) is 2.04. The smallest absolute Gasteiger partial charge is 0.276 e. The molecule has 0 spiro atoms. The molecule has 2 atom stereocenters. The Labute approximate surface area is 141 Å². The molecule has 8 heteroatoms. The van der Waals surface area contributed by atoms with Crippen LogP contribution in [0.25, 0.3) is 0 Å². The number of fused-ring (bicyclic) bond motifs is 4. The zero-order valence-electron chi connectivity index (χ0n) is 13.2. The van der Waals surface area contributed by atoms with Crippen molar-refractivity contribution in [3.63, 3.8) is 0 Å². The van der Waals surface area contributed by atoms with Gasteiger partial charge in [0.05, 0.1) is 16.4 Å². The first kappa shape index (κ1) is 15.5. The number of phenols is 3. The van der Waals surface area contributed by atoms with Gasteiger partial charge in [0.15, 0.2) is 23.0 Å². The second kappa shape index (κ2) is 4.76. The average Bonchev–Trinajstić information content (AvgIpc) is 2.80. The Kier molecular flexibility index (Phi) is 2.96. The molecule has 1 aliphatic carbocycles. The van der Waals surface area contributed by atoms with E-state index in [4.69, 9.17) is 4.74 Å². The van der Waals surface area contributed by atoms with Crippen LogP contribution < -0.4 is 4.74 Å². The summed E-state index contributed by atoms with van der Waals surface area (Å²) in [6, 6.07) is 3.95. The minimum absolute atomic E-state index is 0.0292. The van der Waals surface area contributed by atoms with Gasteiger partial charge in [-0.25, -0.2) is 0 Å². The Balaban J connectivity index is 1.91. The molecule has 4 rings (SSSR count). The number of nitro benzene ring substituents is 1.